The van der Waals surface area contributed by atoms with Crippen LogP contribution >= 0.6 is 0 Å². The summed E-state index contributed by atoms with van der Waals surface area (Å²) in [5, 5.41) is 9.92. The van der Waals surface area contributed by atoms with E-state index in [2.05, 4.69) is 18.7 Å². The summed E-state index contributed by atoms with van der Waals surface area (Å²) in [6, 6.07) is 6.41. The van der Waals surface area contributed by atoms with Crippen LogP contribution in [0.2, 0.25) is 0 Å². The van der Waals surface area contributed by atoms with Gasteiger partial charge in [-0.1, -0.05) is 32.0 Å². The van der Waals surface area contributed by atoms with Crippen molar-refractivity contribution < 1.29 is 9.50 Å². The van der Waals surface area contributed by atoms with Gasteiger partial charge in [0, 0.05) is 18.7 Å². The van der Waals surface area contributed by atoms with E-state index >= 15 is 0 Å². The monoisotopic (exact) mass is 239 g/mol. The minimum atomic E-state index is -0.717. The molecule has 1 rings (SSSR count). The maximum Gasteiger partial charge on any atom is 0.128 e. The van der Waals surface area contributed by atoms with Gasteiger partial charge in [-0.2, -0.15) is 0 Å². The third kappa shape index (κ3) is 4.84. The second-order valence-electron chi connectivity index (χ2n) is 4.98. The fourth-order valence-electron chi connectivity index (χ4n) is 1.96. The van der Waals surface area contributed by atoms with E-state index in [0.29, 0.717) is 17.9 Å². The Morgan fingerprint density at radius 3 is 2.53 bits per heavy atom. The highest BCUT2D eigenvalue weighted by Crippen LogP contribution is 2.19. The highest BCUT2D eigenvalue weighted by atomic mass is 19.1. The number of nitrogens with zero attached hydrogens (tertiary/aromatic N) is 1. The van der Waals surface area contributed by atoms with Gasteiger partial charge < -0.3 is 10.0 Å². The molecule has 1 unspecified atom stereocenters. The van der Waals surface area contributed by atoms with Crippen molar-refractivity contribution in [2.75, 3.05) is 20.1 Å². The summed E-state index contributed by atoms with van der Waals surface area (Å²) in [7, 11) is 2.02. The van der Waals surface area contributed by atoms with Crippen LogP contribution in [-0.2, 0) is 0 Å². The predicted molar refractivity (Wildman–Crippen MR) is 68.3 cm³/mol. The molecule has 0 bridgehead atoms. The maximum atomic E-state index is 13.4. The van der Waals surface area contributed by atoms with E-state index in [1.54, 1.807) is 18.2 Å². The molecule has 0 saturated carbocycles. The zero-order valence-electron chi connectivity index (χ0n) is 10.9. The van der Waals surface area contributed by atoms with E-state index in [1.807, 2.05) is 7.05 Å². The standard InChI is InChI=1S/C14H22FNO/c1-11(2)10-16(3)9-8-14(17)12-6-4-5-7-13(12)15/h4-7,11,14,17H,8-10H2,1-3H3. The lowest BCUT2D eigenvalue weighted by molar-refractivity contribution is 0.142. The normalized spacial score (nSPS) is 13.4. The van der Waals surface area contributed by atoms with Crippen molar-refractivity contribution in [1.29, 1.82) is 0 Å². The van der Waals surface area contributed by atoms with Gasteiger partial charge in [0.1, 0.15) is 5.82 Å². The summed E-state index contributed by atoms with van der Waals surface area (Å²) in [6.45, 7) is 6.07. The third-order valence-corrected chi connectivity index (χ3v) is 2.73. The lowest BCUT2D eigenvalue weighted by atomic mass is 10.1. The topological polar surface area (TPSA) is 23.5 Å². The van der Waals surface area contributed by atoms with Crippen LogP contribution in [0.25, 0.3) is 0 Å². The molecule has 17 heavy (non-hydrogen) atoms. The van der Waals surface area contributed by atoms with Crippen LogP contribution in [0.15, 0.2) is 24.3 Å². The first kappa shape index (κ1) is 14.1. The van der Waals surface area contributed by atoms with E-state index < -0.39 is 6.10 Å². The first-order valence-corrected chi connectivity index (χ1v) is 6.11. The molecule has 3 heteroatoms. The Labute approximate surface area is 103 Å². The Morgan fingerprint density at radius 2 is 1.94 bits per heavy atom. The Hall–Kier alpha value is -0.930. The average molecular weight is 239 g/mol. The number of benzene rings is 1. The summed E-state index contributed by atoms with van der Waals surface area (Å²) < 4.78 is 13.4. The lowest BCUT2D eigenvalue weighted by Gasteiger charge is -2.20. The van der Waals surface area contributed by atoms with Crippen molar-refractivity contribution in [2.45, 2.75) is 26.4 Å². The van der Waals surface area contributed by atoms with E-state index in [1.165, 1.54) is 6.07 Å². The fourth-order valence-corrected chi connectivity index (χ4v) is 1.96. The van der Waals surface area contributed by atoms with E-state index in [0.717, 1.165) is 13.1 Å². The van der Waals surface area contributed by atoms with E-state index in [-0.39, 0.29) is 5.82 Å². The Morgan fingerprint density at radius 1 is 1.29 bits per heavy atom. The van der Waals surface area contributed by atoms with Crippen LogP contribution in [-0.4, -0.2) is 30.1 Å². The molecular formula is C14H22FNO. The number of halogens is 1. The molecule has 1 atom stereocenters. The van der Waals surface area contributed by atoms with Gasteiger partial charge in [0.2, 0.25) is 0 Å². The van der Waals surface area contributed by atoms with Crippen molar-refractivity contribution in [3.63, 3.8) is 0 Å². The van der Waals surface area contributed by atoms with Gasteiger partial charge in [-0.25, -0.2) is 4.39 Å². The van der Waals surface area contributed by atoms with E-state index in [4.69, 9.17) is 0 Å². The largest absolute Gasteiger partial charge is 0.388 e. The molecule has 2 nitrogen and oxygen atoms in total. The summed E-state index contributed by atoms with van der Waals surface area (Å²) in [4.78, 5) is 2.16. The zero-order valence-corrected chi connectivity index (χ0v) is 10.9. The number of hydrogen-bond donors (Lipinski definition) is 1. The summed E-state index contributed by atoms with van der Waals surface area (Å²) in [5.41, 5.74) is 0.394. The van der Waals surface area contributed by atoms with Gasteiger partial charge >= 0.3 is 0 Å². The molecule has 0 aliphatic rings. The highest BCUT2D eigenvalue weighted by Gasteiger charge is 2.13. The molecule has 0 heterocycles. The third-order valence-electron chi connectivity index (χ3n) is 2.73. The zero-order chi connectivity index (χ0) is 12.8. The molecule has 0 fully saturated rings. The summed E-state index contributed by atoms with van der Waals surface area (Å²) >= 11 is 0. The molecule has 0 aliphatic carbocycles. The van der Waals surface area contributed by atoms with Crippen LogP contribution in [0.3, 0.4) is 0 Å². The van der Waals surface area contributed by atoms with Gasteiger partial charge in [-0.15, -0.1) is 0 Å². The lowest BCUT2D eigenvalue weighted by Crippen LogP contribution is -2.25. The molecule has 0 spiro atoms. The average Bonchev–Trinajstić information content (AvgIpc) is 2.25. The summed E-state index contributed by atoms with van der Waals surface area (Å²) in [5.74, 6) is 0.275. The first-order chi connectivity index (χ1) is 8.00. The van der Waals surface area contributed by atoms with Crippen LogP contribution in [0.4, 0.5) is 4.39 Å². The fraction of sp³-hybridized carbons (Fsp3) is 0.571. The molecule has 1 aromatic carbocycles. The van der Waals surface area contributed by atoms with E-state index in [9.17, 15) is 9.50 Å². The minimum Gasteiger partial charge on any atom is -0.388 e. The molecule has 1 aromatic rings. The maximum absolute atomic E-state index is 13.4. The Balaban J connectivity index is 2.45. The highest BCUT2D eigenvalue weighted by molar-refractivity contribution is 5.19. The molecule has 0 amide bonds. The number of aliphatic hydroxyl groups excluding tert-OH is 1. The molecule has 96 valence electrons. The number of hydrogen-bond acceptors (Lipinski definition) is 2. The number of aliphatic hydroxyl groups is 1. The van der Waals surface area contributed by atoms with Crippen molar-refractivity contribution in [2.24, 2.45) is 5.92 Å². The number of rotatable bonds is 6. The molecule has 0 aromatic heterocycles. The van der Waals surface area contributed by atoms with Crippen molar-refractivity contribution >= 4 is 0 Å². The molecule has 0 aliphatic heterocycles. The molecule has 0 radical (unpaired) electrons. The van der Waals surface area contributed by atoms with Gasteiger partial charge in [0.25, 0.3) is 0 Å². The van der Waals surface area contributed by atoms with Gasteiger partial charge in [0.15, 0.2) is 0 Å². The second-order valence-corrected chi connectivity index (χ2v) is 4.98. The minimum absolute atomic E-state index is 0.327. The van der Waals surface area contributed by atoms with Gasteiger partial charge in [0.05, 0.1) is 6.10 Å². The molecular weight excluding hydrogens is 217 g/mol. The quantitative estimate of drug-likeness (QED) is 0.825. The molecule has 1 N–H and O–H groups in total. The van der Waals surface area contributed by atoms with Gasteiger partial charge in [-0.3, -0.25) is 0 Å². The second kappa shape index (κ2) is 6.72. The van der Waals surface area contributed by atoms with Gasteiger partial charge in [-0.05, 0) is 25.5 Å². The molecule has 0 saturated heterocycles. The summed E-state index contributed by atoms with van der Waals surface area (Å²) in [6.07, 6.45) is -0.157. The van der Waals surface area contributed by atoms with Crippen molar-refractivity contribution in [3.8, 4) is 0 Å². The predicted octanol–water partition coefficient (Wildman–Crippen LogP) is 2.84. The van der Waals surface area contributed by atoms with Crippen LogP contribution in [0, 0.1) is 11.7 Å². The van der Waals surface area contributed by atoms with Crippen molar-refractivity contribution in [1.82, 2.24) is 4.90 Å². The smallest absolute Gasteiger partial charge is 0.128 e. The Bertz CT molecular complexity index is 341. The Kier molecular flexibility index (Phi) is 5.59. The SMILES string of the molecule is CC(C)CN(C)CCC(O)c1ccccc1F. The first-order valence-electron chi connectivity index (χ1n) is 6.11. The van der Waals surface area contributed by atoms with Crippen LogP contribution < -0.4 is 0 Å². The van der Waals surface area contributed by atoms with Crippen molar-refractivity contribution in [3.05, 3.63) is 35.6 Å². The van der Waals surface area contributed by atoms with Crippen LogP contribution in [0.5, 0.6) is 0 Å². The van der Waals surface area contributed by atoms with Crippen LogP contribution in [0.1, 0.15) is 31.9 Å².